The number of carboxylic acid groups (broad SMARTS) is 1. The van der Waals surface area contributed by atoms with E-state index >= 15 is 0 Å². The van der Waals surface area contributed by atoms with Gasteiger partial charge in [0.25, 0.3) is 0 Å². The molecule has 0 saturated carbocycles. The zero-order chi connectivity index (χ0) is 24.9. The molecule has 0 radical (unpaired) electrons. The van der Waals surface area contributed by atoms with Crippen LogP contribution in [0.25, 0.3) is 22.5 Å². The Bertz CT molecular complexity index is 1340. The summed E-state index contributed by atoms with van der Waals surface area (Å²) in [5.74, 6) is -0.422. The van der Waals surface area contributed by atoms with Gasteiger partial charge < -0.3 is 14.4 Å². The molecule has 1 atom stereocenters. The predicted octanol–water partition coefficient (Wildman–Crippen LogP) is 6.56. The van der Waals surface area contributed by atoms with Gasteiger partial charge >= 0.3 is 12.1 Å². The number of anilines is 1. The molecule has 1 amide bonds. The summed E-state index contributed by atoms with van der Waals surface area (Å²) in [6.07, 6.45) is -1.02. The number of nitrogens with one attached hydrogen (secondary N) is 1. The average Bonchev–Trinajstić information content (AvgIpc) is 3.19. The van der Waals surface area contributed by atoms with Gasteiger partial charge in [-0.1, -0.05) is 78.0 Å². The van der Waals surface area contributed by atoms with Crippen molar-refractivity contribution in [1.82, 2.24) is 5.16 Å². The van der Waals surface area contributed by atoms with Gasteiger partial charge in [-0.25, -0.2) is 4.79 Å². The Morgan fingerprint density at radius 3 is 2.17 bits per heavy atom. The van der Waals surface area contributed by atoms with E-state index in [4.69, 9.17) is 14.4 Å². The monoisotopic (exact) mass is 470 g/mol. The topological polar surface area (TPSA) is 102 Å². The van der Waals surface area contributed by atoms with Crippen LogP contribution in [0.15, 0.2) is 77.3 Å². The summed E-state index contributed by atoms with van der Waals surface area (Å²) in [6, 6.07) is 22.8. The van der Waals surface area contributed by atoms with E-state index in [2.05, 4.69) is 10.5 Å². The van der Waals surface area contributed by atoms with Crippen LogP contribution < -0.4 is 5.32 Å². The molecule has 4 rings (SSSR count). The predicted molar refractivity (Wildman–Crippen MR) is 133 cm³/mol. The number of carbonyl (C=O) groups is 2. The second-order valence-electron chi connectivity index (χ2n) is 8.35. The van der Waals surface area contributed by atoms with E-state index in [-0.39, 0.29) is 6.42 Å². The van der Waals surface area contributed by atoms with Gasteiger partial charge in [0, 0.05) is 5.56 Å². The lowest BCUT2D eigenvalue weighted by Gasteiger charge is -2.16. The molecule has 0 saturated heterocycles. The SMILES string of the molecule is Cc1ccccc1[C@@H](C)OC(=O)Nc1c(C)noc1-c1ccc(-c2ccc(CC(=O)O)cc2)cc1. The molecule has 3 aromatic carbocycles. The number of benzene rings is 3. The van der Waals surface area contributed by atoms with Crippen LogP contribution in [0, 0.1) is 13.8 Å². The van der Waals surface area contributed by atoms with Gasteiger partial charge in [-0.3, -0.25) is 10.1 Å². The molecule has 0 spiro atoms. The van der Waals surface area contributed by atoms with Crippen molar-refractivity contribution in [2.45, 2.75) is 33.3 Å². The van der Waals surface area contributed by atoms with E-state index in [0.29, 0.717) is 17.1 Å². The molecule has 0 aliphatic heterocycles. The molecular formula is C28H26N2O5. The highest BCUT2D eigenvalue weighted by Crippen LogP contribution is 2.33. The van der Waals surface area contributed by atoms with E-state index < -0.39 is 18.2 Å². The maximum atomic E-state index is 12.6. The Hall–Kier alpha value is -4.39. The van der Waals surface area contributed by atoms with Crippen molar-refractivity contribution in [3.63, 3.8) is 0 Å². The second-order valence-corrected chi connectivity index (χ2v) is 8.35. The first-order valence-electron chi connectivity index (χ1n) is 11.2. The molecule has 178 valence electrons. The number of carboxylic acids is 1. The highest BCUT2D eigenvalue weighted by molar-refractivity contribution is 5.91. The van der Waals surface area contributed by atoms with E-state index in [1.807, 2.05) is 86.6 Å². The average molecular weight is 471 g/mol. The highest BCUT2D eigenvalue weighted by Gasteiger charge is 2.20. The third-order valence-corrected chi connectivity index (χ3v) is 5.79. The summed E-state index contributed by atoms with van der Waals surface area (Å²) < 4.78 is 11.1. The van der Waals surface area contributed by atoms with Crippen molar-refractivity contribution >= 4 is 17.7 Å². The van der Waals surface area contributed by atoms with Crippen LogP contribution in [0.1, 0.15) is 35.4 Å². The van der Waals surface area contributed by atoms with E-state index in [1.54, 1.807) is 6.92 Å². The third-order valence-electron chi connectivity index (χ3n) is 5.79. The zero-order valence-electron chi connectivity index (χ0n) is 19.7. The fraction of sp³-hybridized carbons (Fsp3) is 0.179. The Labute approximate surface area is 203 Å². The van der Waals surface area contributed by atoms with Gasteiger partial charge in [-0.15, -0.1) is 0 Å². The van der Waals surface area contributed by atoms with Gasteiger partial charge in [0.15, 0.2) is 5.76 Å². The van der Waals surface area contributed by atoms with Gasteiger partial charge in [-0.05, 0) is 48.6 Å². The molecule has 0 fully saturated rings. The fourth-order valence-corrected chi connectivity index (χ4v) is 3.92. The van der Waals surface area contributed by atoms with Crippen LogP contribution in [0.5, 0.6) is 0 Å². The van der Waals surface area contributed by atoms with Gasteiger partial charge in [-0.2, -0.15) is 0 Å². The number of ether oxygens (including phenoxy) is 1. The van der Waals surface area contributed by atoms with Crippen molar-refractivity contribution in [3.8, 4) is 22.5 Å². The molecule has 0 aliphatic rings. The van der Waals surface area contributed by atoms with Crippen LogP contribution in [0.3, 0.4) is 0 Å². The number of nitrogens with zero attached hydrogens (tertiary/aromatic N) is 1. The summed E-state index contributed by atoms with van der Waals surface area (Å²) in [6.45, 7) is 5.56. The molecule has 0 unspecified atom stereocenters. The quantitative estimate of drug-likeness (QED) is 0.317. The number of hydrogen-bond acceptors (Lipinski definition) is 5. The van der Waals surface area contributed by atoms with E-state index in [9.17, 15) is 9.59 Å². The molecule has 1 aromatic heterocycles. The molecule has 35 heavy (non-hydrogen) atoms. The van der Waals surface area contributed by atoms with Gasteiger partial charge in [0.2, 0.25) is 0 Å². The standard InChI is InChI=1S/C28H26N2O5/c1-17-6-4-5-7-24(17)19(3)34-28(33)29-26-18(2)30-35-27(26)23-14-12-22(13-15-23)21-10-8-20(9-11-21)16-25(31)32/h4-15,19H,16H2,1-3H3,(H,29,33)(H,31,32)/t19-/m1/s1. The number of amides is 1. The summed E-state index contributed by atoms with van der Waals surface area (Å²) in [4.78, 5) is 23.5. The zero-order valence-corrected chi connectivity index (χ0v) is 19.7. The van der Waals surface area contributed by atoms with E-state index in [1.165, 1.54) is 0 Å². The molecule has 1 heterocycles. The molecule has 4 aromatic rings. The Morgan fingerprint density at radius 2 is 1.54 bits per heavy atom. The van der Waals surface area contributed by atoms with Crippen LogP contribution in [0.2, 0.25) is 0 Å². The summed E-state index contributed by atoms with van der Waals surface area (Å²) in [7, 11) is 0. The largest absolute Gasteiger partial charge is 0.481 e. The Balaban J connectivity index is 1.48. The maximum Gasteiger partial charge on any atom is 0.412 e. The minimum absolute atomic E-state index is 0.00793. The number of rotatable bonds is 7. The summed E-state index contributed by atoms with van der Waals surface area (Å²) in [5.41, 5.74) is 6.41. The first kappa shape index (κ1) is 23.8. The minimum Gasteiger partial charge on any atom is -0.481 e. The van der Waals surface area contributed by atoms with Crippen LogP contribution in [-0.2, 0) is 16.0 Å². The molecular weight excluding hydrogens is 444 g/mol. The number of hydrogen-bond donors (Lipinski definition) is 2. The van der Waals surface area contributed by atoms with Crippen molar-refractivity contribution < 1.29 is 24.0 Å². The lowest BCUT2D eigenvalue weighted by atomic mass is 10.0. The van der Waals surface area contributed by atoms with Crippen molar-refractivity contribution in [2.75, 3.05) is 5.32 Å². The Morgan fingerprint density at radius 1 is 0.943 bits per heavy atom. The first-order chi connectivity index (χ1) is 16.8. The Kier molecular flexibility index (Phi) is 6.96. The second kappa shape index (κ2) is 10.3. The normalized spacial score (nSPS) is 11.6. The number of aromatic nitrogens is 1. The summed E-state index contributed by atoms with van der Waals surface area (Å²) >= 11 is 0. The molecule has 0 bridgehead atoms. The van der Waals surface area contributed by atoms with Crippen LogP contribution in [-0.4, -0.2) is 22.3 Å². The molecule has 7 nitrogen and oxygen atoms in total. The lowest BCUT2D eigenvalue weighted by molar-refractivity contribution is -0.136. The van der Waals surface area contributed by atoms with Crippen molar-refractivity contribution in [1.29, 1.82) is 0 Å². The number of aryl methyl sites for hydroxylation is 2. The molecule has 7 heteroatoms. The minimum atomic E-state index is -0.859. The summed E-state index contributed by atoms with van der Waals surface area (Å²) in [5, 5.41) is 15.7. The van der Waals surface area contributed by atoms with Gasteiger partial charge in [0.1, 0.15) is 17.5 Å². The van der Waals surface area contributed by atoms with Crippen LogP contribution >= 0.6 is 0 Å². The lowest BCUT2D eigenvalue weighted by Crippen LogP contribution is -2.17. The maximum absolute atomic E-state index is 12.6. The molecule has 2 N–H and O–H groups in total. The fourth-order valence-electron chi connectivity index (χ4n) is 3.92. The van der Waals surface area contributed by atoms with Crippen molar-refractivity contribution in [2.24, 2.45) is 0 Å². The number of aliphatic carboxylic acids is 1. The van der Waals surface area contributed by atoms with Gasteiger partial charge in [0.05, 0.1) is 6.42 Å². The smallest absolute Gasteiger partial charge is 0.412 e. The first-order valence-corrected chi connectivity index (χ1v) is 11.2. The number of carbonyl (C=O) groups excluding carboxylic acids is 1. The van der Waals surface area contributed by atoms with Crippen molar-refractivity contribution in [3.05, 3.63) is 95.2 Å². The van der Waals surface area contributed by atoms with Crippen LogP contribution in [0.4, 0.5) is 10.5 Å². The highest BCUT2D eigenvalue weighted by atomic mass is 16.6. The third kappa shape index (κ3) is 5.58. The molecule has 0 aliphatic carbocycles. The van der Waals surface area contributed by atoms with E-state index in [0.717, 1.165) is 33.4 Å².